The van der Waals surface area contributed by atoms with Crippen LogP contribution in [0.4, 0.5) is 5.69 Å². The highest BCUT2D eigenvalue weighted by Crippen LogP contribution is 2.15. The first-order valence-electron chi connectivity index (χ1n) is 10.9. The van der Waals surface area contributed by atoms with Crippen LogP contribution < -0.4 is 20.3 Å². The zero-order valence-electron chi connectivity index (χ0n) is 18.3. The number of ether oxygens (including phenoxy) is 1. The molecule has 6 nitrogen and oxygen atoms in total. The van der Waals surface area contributed by atoms with Crippen LogP contribution >= 0.6 is 0 Å². The van der Waals surface area contributed by atoms with Crippen molar-refractivity contribution in [2.75, 3.05) is 58.3 Å². The van der Waals surface area contributed by atoms with Crippen LogP contribution in [0.3, 0.4) is 0 Å². The quantitative estimate of drug-likeness (QED) is 0.379. The second kappa shape index (κ2) is 12.1. The minimum absolute atomic E-state index is 0.725. The van der Waals surface area contributed by atoms with E-state index in [1.54, 1.807) is 7.11 Å². The van der Waals surface area contributed by atoms with Gasteiger partial charge in [0, 0.05) is 52.0 Å². The summed E-state index contributed by atoms with van der Waals surface area (Å²) in [5.74, 6) is 1.72. The molecule has 2 aromatic carbocycles. The van der Waals surface area contributed by atoms with Crippen LogP contribution in [-0.4, -0.2) is 64.3 Å². The number of nitrogens with one attached hydrogen (secondary N) is 2. The van der Waals surface area contributed by atoms with Crippen LogP contribution in [0.15, 0.2) is 59.6 Å². The van der Waals surface area contributed by atoms with E-state index < -0.39 is 0 Å². The van der Waals surface area contributed by atoms with Gasteiger partial charge in [-0.2, -0.15) is 0 Å². The fourth-order valence-corrected chi connectivity index (χ4v) is 3.72. The number of aliphatic imine (C=N–C) groups is 1. The van der Waals surface area contributed by atoms with E-state index >= 15 is 0 Å². The number of para-hydroxylation sites is 1. The Bertz CT molecular complexity index is 772. The molecule has 30 heavy (non-hydrogen) atoms. The minimum atomic E-state index is 0.725. The molecule has 3 rings (SSSR count). The number of hydrogen-bond donors (Lipinski definition) is 2. The van der Waals surface area contributed by atoms with Crippen molar-refractivity contribution in [1.29, 1.82) is 0 Å². The van der Waals surface area contributed by atoms with E-state index in [0.29, 0.717) is 0 Å². The highest BCUT2D eigenvalue weighted by Gasteiger charge is 2.16. The normalized spacial score (nSPS) is 15.1. The third-order valence-corrected chi connectivity index (χ3v) is 5.50. The molecule has 0 unspecified atom stereocenters. The van der Waals surface area contributed by atoms with Crippen LogP contribution in [0.2, 0.25) is 0 Å². The minimum Gasteiger partial charge on any atom is -0.497 e. The Hall–Kier alpha value is -2.73. The second-order valence-electron chi connectivity index (χ2n) is 7.58. The van der Waals surface area contributed by atoms with Gasteiger partial charge >= 0.3 is 0 Å². The van der Waals surface area contributed by atoms with Gasteiger partial charge in [0.15, 0.2) is 5.96 Å². The molecule has 0 atom stereocenters. The first-order valence-corrected chi connectivity index (χ1v) is 10.9. The monoisotopic (exact) mass is 409 g/mol. The molecule has 0 amide bonds. The summed E-state index contributed by atoms with van der Waals surface area (Å²) in [4.78, 5) is 9.38. The van der Waals surface area contributed by atoms with E-state index in [1.807, 2.05) is 25.2 Å². The Morgan fingerprint density at radius 3 is 2.50 bits per heavy atom. The number of anilines is 1. The standard InChI is InChI=1S/C24H35N5O/c1-25-24(27-20-21-9-8-12-23(19-21)30-2)26-13-6-7-14-28-15-17-29(18-16-28)22-10-4-3-5-11-22/h3-5,8-12,19H,6-7,13-18,20H2,1-2H3,(H2,25,26,27). The molecule has 162 valence electrons. The lowest BCUT2D eigenvalue weighted by Gasteiger charge is -2.36. The van der Waals surface area contributed by atoms with Crippen LogP contribution in [0, 0.1) is 0 Å². The van der Waals surface area contributed by atoms with Gasteiger partial charge in [-0.05, 0) is 49.2 Å². The van der Waals surface area contributed by atoms with E-state index in [0.717, 1.165) is 57.4 Å². The molecule has 0 bridgehead atoms. The number of piperazine rings is 1. The smallest absolute Gasteiger partial charge is 0.191 e. The van der Waals surface area contributed by atoms with E-state index in [1.165, 1.54) is 24.2 Å². The first kappa shape index (κ1) is 22.0. The van der Waals surface area contributed by atoms with Crippen molar-refractivity contribution in [2.45, 2.75) is 19.4 Å². The Balaban J connectivity index is 1.27. The summed E-state index contributed by atoms with van der Waals surface area (Å²) in [6.45, 7) is 7.34. The van der Waals surface area contributed by atoms with Gasteiger partial charge in [0.1, 0.15) is 5.75 Å². The Labute approximate surface area is 180 Å². The number of guanidine groups is 1. The van der Waals surface area contributed by atoms with Crippen LogP contribution in [0.25, 0.3) is 0 Å². The Kier molecular flexibility index (Phi) is 8.84. The van der Waals surface area contributed by atoms with E-state index in [-0.39, 0.29) is 0 Å². The first-order chi connectivity index (χ1) is 14.8. The third kappa shape index (κ3) is 6.95. The molecule has 0 saturated carbocycles. The molecule has 1 aliphatic heterocycles. The van der Waals surface area contributed by atoms with Crippen LogP contribution in [0.5, 0.6) is 5.75 Å². The highest BCUT2D eigenvalue weighted by molar-refractivity contribution is 5.79. The lowest BCUT2D eigenvalue weighted by atomic mass is 10.2. The molecule has 0 aromatic heterocycles. The second-order valence-corrected chi connectivity index (χ2v) is 7.58. The number of nitrogens with zero attached hydrogens (tertiary/aromatic N) is 3. The molecule has 0 aliphatic carbocycles. The molecule has 2 N–H and O–H groups in total. The summed E-state index contributed by atoms with van der Waals surface area (Å²) in [6, 6.07) is 18.8. The van der Waals surface area contributed by atoms with Crippen molar-refractivity contribution < 1.29 is 4.74 Å². The predicted octanol–water partition coefficient (Wildman–Crippen LogP) is 2.96. The average molecular weight is 410 g/mol. The Morgan fingerprint density at radius 2 is 1.77 bits per heavy atom. The Morgan fingerprint density at radius 1 is 0.967 bits per heavy atom. The molecule has 0 spiro atoms. The number of benzene rings is 2. The van der Waals surface area contributed by atoms with Crippen molar-refractivity contribution >= 4 is 11.6 Å². The highest BCUT2D eigenvalue weighted by atomic mass is 16.5. The van der Waals surface area contributed by atoms with Crippen molar-refractivity contribution in [3.8, 4) is 5.75 Å². The molecule has 1 heterocycles. The summed E-state index contributed by atoms with van der Waals surface area (Å²) < 4.78 is 5.28. The van der Waals surface area contributed by atoms with Crippen LogP contribution in [0.1, 0.15) is 18.4 Å². The van der Waals surface area contributed by atoms with E-state index in [2.05, 4.69) is 61.8 Å². The van der Waals surface area contributed by atoms with Gasteiger partial charge in [-0.15, -0.1) is 0 Å². The molecule has 0 radical (unpaired) electrons. The van der Waals surface area contributed by atoms with E-state index in [4.69, 9.17) is 4.74 Å². The number of unbranched alkanes of at least 4 members (excludes halogenated alkanes) is 1. The molecular weight excluding hydrogens is 374 g/mol. The average Bonchev–Trinajstić information content (AvgIpc) is 2.82. The third-order valence-electron chi connectivity index (χ3n) is 5.50. The predicted molar refractivity (Wildman–Crippen MR) is 126 cm³/mol. The van der Waals surface area contributed by atoms with Crippen LogP contribution in [-0.2, 0) is 6.54 Å². The van der Waals surface area contributed by atoms with Gasteiger partial charge in [-0.25, -0.2) is 0 Å². The zero-order valence-corrected chi connectivity index (χ0v) is 18.3. The summed E-state index contributed by atoms with van der Waals surface area (Å²) in [6.07, 6.45) is 2.34. The van der Waals surface area contributed by atoms with Crippen molar-refractivity contribution in [2.24, 2.45) is 4.99 Å². The van der Waals surface area contributed by atoms with Gasteiger partial charge in [0.25, 0.3) is 0 Å². The van der Waals surface area contributed by atoms with Gasteiger partial charge < -0.3 is 20.3 Å². The topological polar surface area (TPSA) is 52.1 Å². The SMILES string of the molecule is CN=C(NCCCCN1CCN(c2ccccc2)CC1)NCc1cccc(OC)c1. The molecular formula is C24H35N5O. The summed E-state index contributed by atoms with van der Waals surface area (Å²) in [7, 11) is 3.50. The molecule has 1 saturated heterocycles. The van der Waals surface area contributed by atoms with Gasteiger partial charge in [-0.1, -0.05) is 30.3 Å². The lowest BCUT2D eigenvalue weighted by Crippen LogP contribution is -2.46. The van der Waals surface area contributed by atoms with Gasteiger partial charge in [0.2, 0.25) is 0 Å². The maximum Gasteiger partial charge on any atom is 0.191 e. The number of methoxy groups -OCH3 is 1. The maximum absolute atomic E-state index is 5.28. The number of hydrogen-bond acceptors (Lipinski definition) is 4. The molecule has 2 aromatic rings. The van der Waals surface area contributed by atoms with Crippen molar-refractivity contribution in [3.05, 3.63) is 60.2 Å². The molecule has 1 aliphatic rings. The molecule has 1 fully saturated rings. The largest absolute Gasteiger partial charge is 0.497 e. The van der Waals surface area contributed by atoms with Crippen molar-refractivity contribution in [3.63, 3.8) is 0 Å². The van der Waals surface area contributed by atoms with Crippen molar-refractivity contribution in [1.82, 2.24) is 15.5 Å². The summed E-state index contributed by atoms with van der Waals surface area (Å²) in [5, 5.41) is 6.78. The number of rotatable bonds is 9. The maximum atomic E-state index is 5.28. The van der Waals surface area contributed by atoms with Gasteiger partial charge in [0.05, 0.1) is 7.11 Å². The fraction of sp³-hybridized carbons (Fsp3) is 0.458. The van der Waals surface area contributed by atoms with Gasteiger partial charge in [-0.3, -0.25) is 9.89 Å². The summed E-state index contributed by atoms with van der Waals surface area (Å²) >= 11 is 0. The lowest BCUT2D eigenvalue weighted by molar-refractivity contribution is 0.253. The van der Waals surface area contributed by atoms with E-state index in [9.17, 15) is 0 Å². The molecule has 6 heteroatoms. The zero-order chi connectivity index (χ0) is 21.0. The fourth-order valence-electron chi connectivity index (χ4n) is 3.72. The summed E-state index contributed by atoms with van der Waals surface area (Å²) in [5.41, 5.74) is 2.51.